The number of carbonyl (C=O) groups is 2. The van der Waals surface area contributed by atoms with Crippen LogP contribution in [0, 0.1) is 5.92 Å². The van der Waals surface area contributed by atoms with Gasteiger partial charge >= 0.3 is 5.97 Å². The molecule has 1 fully saturated rings. The maximum Gasteiger partial charge on any atom is 0.326 e. The minimum absolute atomic E-state index is 0.0972. The predicted molar refractivity (Wildman–Crippen MR) is 60.1 cm³/mol. The van der Waals surface area contributed by atoms with E-state index in [0.717, 1.165) is 25.9 Å². The molecule has 0 radical (unpaired) electrons. The summed E-state index contributed by atoms with van der Waals surface area (Å²) in [5.74, 6) is -1.26. The molecule has 2 N–H and O–H groups in total. The highest BCUT2D eigenvalue weighted by Gasteiger charge is 2.24. The highest BCUT2D eigenvalue weighted by atomic mass is 16.4. The van der Waals surface area contributed by atoms with Crippen molar-refractivity contribution in [1.82, 2.24) is 10.2 Å². The van der Waals surface area contributed by atoms with Crippen LogP contribution in [0.15, 0.2) is 0 Å². The molecule has 1 rings (SSSR count). The summed E-state index contributed by atoms with van der Waals surface area (Å²) < 4.78 is 0. The molecule has 0 aromatic carbocycles. The molecule has 0 bridgehead atoms. The topological polar surface area (TPSA) is 69.6 Å². The van der Waals surface area contributed by atoms with E-state index in [1.807, 2.05) is 0 Å². The molecule has 0 spiro atoms. The number of nitrogens with one attached hydrogen (secondary N) is 1. The molecule has 1 unspecified atom stereocenters. The van der Waals surface area contributed by atoms with Gasteiger partial charge in [-0.25, -0.2) is 4.79 Å². The van der Waals surface area contributed by atoms with Crippen molar-refractivity contribution in [1.29, 1.82) is 0 Å². The normalized spacial score (nSPS) is 18.7. The van der Waals surface area contributed by atoms with E-state index in [9.17, 15) is 9.59 Å². The van der Waals surface area contributed by atoms with Gasteiger partial charge < -0.3 is 10.4 Å². The van der Waals surface area contributed by atoms with Crippen LogP contribution < -0.4 is 5.32 Å². The van der Waals surface area contributed by atoms with Crippen molar-refractivity contribution < 1.29 is 14.7 Å². The Morgan fingerprint density at radius 2 is 1.88 bits per heavy atom. The Bertz CT molecular complexity index is 260. The number of carbonyl (C=O) groups excluding carboxylic acids is 1. The summed E-state index contributed by atoms with van der Waals surface area (Å²) in [6.45, 7) is 5.76. The summed E-state index contributed by atoms with van der Waals surface area (Å²) in [6.07, 6.45) is 2.25. The molecule has 1 amide bonds. The molecule has 0 saturated carbocycles. The van der Waals surface area contributed by atoms with Gasteiger partial charge in [0.2, 0.25) is 5.91 Å². The fourth-order valence-electron chi connectivity index (χ4n) is 1.88. The van der Waals surface area contributed by atoms with Gasteiger partial charge in [0, 0.05) is 0 Å². The zero-order chi connectivity index (χ0) is 12.1. The number of aliphatic carboxylic acids is 1. The molecule has 1 aliphatic heterocycles. The van der Waals surface area contributed by atoms with Crippen molar-refractivity contribution in [3.05, 3.63) is 0 Å². The van der Waals surface area contributed by atoms with Crippen molar-refractivity contribution in [2.24, 2.45) is 5.92 Å². The zero-order valence-corrected chi connectivity index (χ0v) is 9.90. The maximum atomic E-state index is 11.6. The van der Waals surface area contributed by atoms with E-state index < -0.39 is 12.0 Å². The minimum atomic E-state index is -0.968. The molecule has 1 heterocycles. The highest BCUT2D eigenvalue weighted by molar-refractivity contribution is 5.84. The smallest absolute Gasteiger partial charge is 0.326 e. The quantitative estimate of drug-likeness (QED) is 0.710. The lowest BCUT2D eigenvalue weighted by Crippen LogP contribution is -2.47. The number of hydrogen-bond acceptors (Lipinski definition) is 3. The molecule has 0 aliphatic carbocycles. The summed E-state index contributed by atoms with van der Waals surface area (Å²) in [4.78, 5) is 24.5. The summed E-state index contributed by atoms with van der Waals surface area (Å²) in [6, 6.07) is -0.782. The lowest BCUT2D eigenvalue weighted by Gasteiger charge is -2.20. The average Bonchev–Trinajstić information content (AvgIpc) is 2.65. The molecule has 1 aliphatic rings. The largest absolute Gasteiger partial charge is 0.480 e. The Kier molecular flexibility index (Phi) is 4.73. The van der Waals surface area contributed by atoms with Crippen LogP contribution in [-0.4, -0.2) is 47.6 Å². The zero-order valence-electron chi connectivity index (χ0n) is 9.90. The number of rotatable bonds is 5. The Morgan fingerprint density at radius 3 is 2.31 bits per heavy atom. The number of carboxylic acid groups (broad SMARTS) is 1. The van der Waals surface area contributed by atoms with Crippen LogP contribution in [0.1, 0.15) is 26.7 Å². The van der Waals surface area contributed by atoms with Crippen LogP contribution in [0.25, 0.3) is 0 Å². The van der Waals surface area contributed by atoms with E-state index in [0.29, 0.717) is 6.54 Å². The number of hydrogen-bond donors (Lipinski definition) is 2. The first-order chi connectivity index (χ1) is 7.50. The van der Waals surface area contributed by atoms with E-state index in [4.69, 9.17) is 5.11 Å². The lowest BCUT2D eigenvalue weighted by atomic mass is 10.1. The van der Waals surface area contributed by atoms with Crippen molar-refractivity contribution in [2.45, 2.75) is 32.7 Å². The van der Waals surface area contributed by atoms with Crippen molar-refractivity contribution >= 4 is 11.9 Å². The first kappa shape index (κ1) is 13.0. The Labute approximate surface area is 95.8 Å². The van der Waals surface area contributed by atoms with Gasteiger partial charge in [0.1, 0.15) is 6.04 Å². The Morgan fingerprint density at radius 1 is 1.31 bits per heavy atom. The Hall–Kier alpha value is -1.10. The monoisotopic (exact) mass is 228 g/mol. The van der Waals surface area contributed by atoms with Crippen molar-refractivity contribution in [3.8, 4) is 0 Å². The SMILES string of the molecule is CC(C)C(NC(=O)CN1CCCC1)C(=O)O. The third-order valence-corrected chi connectivity index (χ3v) is 2.82. The standard InChI is InChI=1S/C11H20N2O3/c1-8(2)10(11(15)16)12-9(14)7-13-5-3-4-6-13/h8,10H,3-7H2,1-2H3,(H,12,14)(H,15,16). The van der Waals surface area contributed by atoms with Crippen LogP contribution in [0.5, 0.6) is 0 Å². The molecule has 1 atom stereocenters. The van der Waals surface area contributed by atoms with Crippen LogP contribution in [-0.2, 0) is 9.59 Å². The van der Waals surface area contributed by atoms with Gasteiger partial charge in [0.25, 0.3) is 0 Å². The van der Waals surface area contributed by atoms with Gasteiger partial charge in [-0.2, -0.15) is 0 Å². The van der Waals surface area contributed by atoms with Gasteiger partial charge in [-0.1, -0.05) is 13.8 Å². The molecule has 16 heavy (non-hydrogen) atoms. The first-order valence-electron chi connectivity index (χ1n) is 5.75. The second kappa shape index (κ2) is 5.84. The maximum absolute atomic E-state index is 11.6. The van der Waals surface area contributed by atoms with E-state index >= 15 is 0 Å². The van der Waals surface area contributed by atoms with Crippen molar-refractivity contribution in [3.63, 3.8) is 0 Å². The van der Waals surface area contributed by atoms with Crippen LogP contribution in [0.2, 0.25) is 0 Å². The molecule has 5 heteroatoms. The van der Waals surface area contributed by atoms with Crippen LogP contribution in [0.3, 0.4) is 0 Å². The predicted octanol–water partition coefficient (Wildman–Crippen LogP) is 0.308. The van der Waals surface area contributed by atoms with E-state index in [2.05, 4.69) is 10.2 Å². The molecular weight excluding hydrogens is 208 g/mol. The van der Waals surface area contributed by atoms with Crippen molar-refractivity contribution in [2.75, 3.05) is 19.6 Å². The Balaban J connectivity index is 2.38. The van der Waals surface area contributed by atoms with E-state index in [1.165, 1.54) is 0 Å². The number of amides is 1. The molecular formula is C11H20N2O3. The fourth-order valence-corrected chi connectivity index (χ4v) is 1.88. The number of nitrogens with zero attached hydrogens (tertiary/aromatic N) is 1. The van der Waals surface area contributed by atoms with Crippen LogP contribution in [0.4, 0.5) is 0 Å². The summed E-state index contributed by atoms with van der Waals surface area (Å²) >= 11 is 0. The van der Waals surface area contributed by atoms with E-state index in [-0.39, 0.29) is 11.8 Å². The minimum Gasteiger partial charge on any atom is -0.480 e. The fraction of sp³-hybridized carbons (Fsp3) is 0.818. The molecule has 0 aromatic rings. The summed E-state index contributed by atoms with van der Waals surface area (Å²) in [5.41, 5.74) is 0. The van der Waals surface area contributed by atoms with Gasteiger partial charge in [-0.3, -0.25) is 9.69 Å². The second-order valence-corrected chi connectivity index (χ2v) is 4.61. The molecule has 5 nitrogen and oxygen atoms in total. The average molecular weight is 228 g/mol. The molecule has 1 saturated heterocycles. The highest BCUT2D eigenvalue weighted by Crippen LogP contribution is 2.07. The first-order valence-corrected chi connectivity index (χ1v) is 5.75. The second-order valence-electron chi connectivity index (χ2n) is 4.61. The summed E-state index contributed by atoms with van der Waals surface area (Å²) in [5, 5.41) is 11.5. The van der Waals surface area contributed by atoms with Gasteiger partial charge in [-0.05, 0) is 31.8 Å². The molecule has 92 valence electrons. The number of carboxylic acids is 1. The lowest BCUT2D eigenvalue weighted by molar-refractivity contribution is -0.143. The van der Waals surface area contributed by atoms with Gasteiger partial charge in [0.05, 0.1) is 6.54 Å². The van der Waals surface area contributed by atoms with Gasteiger partial charge in [0.15, 0.2) is 0 Å². The third kappa shape index (κ3) is 3.81. The molecule has 0 aromatic heterocycles. The number of likely N-dealkylation sites (tertiary alicyclic amines) is 1. The van der Waals surface area contributed by atoms with E-state index in [1.54, 1.807) is 13.8 Å². The van der Waals surface area contributed by atoms with Crippen LogP contribution >= 0.6 is 0 Å². The third-order valence-electron chi connectivity index (χ3n) is 2.82. The summed E-state index contributed by atoms with van der Waals surface area (Å²) in [7, 11) is 0. The van der Waals surface area contributed by atoms with Gasteiger partial charge in [-0.15, -0.1) is 0 Å².